The van der Waals surface area contributed by atoms with Crippen molar-refractivity contribution in [1.29, 1.82) is 0 Å². The highest BCUT2D eigenvalue weighted by Crippen LogP contribution is 2.44. The highest BCUT2D eigenvalue weighted by atomic mass is 16.5. The lowest BCUT2D eigenvalue weighted by atomic mass is 9.89. The molecule has 0 radical (unpaired) electrons. The summed E-state index contributed by atoms with van der Waals surface area (Å²) in [7, 11) is 7.46. The van der Waals surface area contributed by atoms with Crippen molar-refractivity contribution in [2.24, 2.45) is 0 Å². The molecule has 5 heteroatoms. The minimum atomic E-state index is -0.206. The van der Waals surface area contributed by atoms with Crippen LogP contribution in [-0.4, -0.2) is 51.9 Å². The molecule has 0 bridgehead atoms. The zero-order valence-electron chi connectivity index (χ0n) is 14.5. The molecule has 0 fully saturated rings. The number of likely N-dealkylation sites (N-methyl/N-ethyl adjacent to an activating group) is 1. The van der Waals surface area contributed by atoms with Crippen LogP contribution in [0.5, 0.6) is 17.2 Å². The maximum atomic E-state index is 6.13. The average Bonchev–Trinajstić information content (AvgIpc) is 2.44. The molecule has 1 unspecified atom stereocenters. The van der Waals surface area contributed by atoms with Gasteiger partial charge in [0.25, 0.3) is 0 Å². The van der Waals surface area contributed by atoms with E-state index < -0.39 is 0 Å². The number of hydrogen-bond acceptors (Lipinski definition) is 5. The van der Waals surface area contributed by atoms with Gasteiger partial charge in [-0.2, -0.15) is 0 Å². The molecule has 0 spiro atoms. The fraction of sp³-hybridized carbons (Fsp3) is 0.647. The average molecular weight is 308 g/mol. The molecule has 5 nitrogen and oxygen atoms in total. The quantitative estimate of drug-likeness (QED) is 0.874. The first-order chi connectivity index (χ1) is 10.4. The van der Waals surface area contributed by atoms with Gasteiger partial charge >= 0.3 is 0 Å². The van der Waals surface area contributed by atoms with E-state index in [9.17, 15) is 0 Å². The Morgan fingerprint density at radius 2 is 1.86 bits per heavy atom. The molecule has 2 rings (SSSR count). The fourth-order valence-electron chi connectivity index (χ4n) is 2.82. The molecule has 124 valence electrons. The molecular weight excluding hydrogens is 280 g/mol. The summed E-state index contributed by atoms with van der Waals surface area (Å²) < 4.78 is 16.9. The Bertz CT molecular complexity index is 515. The van der Waals surface area contributed by atoms with Gasteiger partial charge in [0, 0.05) is 37.2 Å². The Kier molecular flexibility index (Phi) is 5.19. The van der Waals surface area contributed by atoms with Crippen molar-refractivity contribution in [3.63, 3.8) is 0 Å². The predicted octanol–water partition coefficient (Wildman–Crippen LogP) is 2.46. The van der Waals surface area contributed by atoms with E-state index in [2.05, 4.69) is 38.2 Å². The summed E-state index contributed by atoms with van der Waals surface area (Å²) in [5.74, 6) is 2.31. The molecule has 0 aromatic heterocycles. The summed E-state index contributed by atoms with van der Waals surface area (Å²) in [6.45, 7) is 6.17. The van der Waals surface area contributed by atoms with Gasteiger partial charge in [-0.3, -0.25) is 0 Å². The molecule has 1 aromatic rings. The smallest absolute Gasteiger partial charge is 0.164 e. The molecule has 1 aliphatic rings. The monoisotopic (exact) mass is 308 g/mol. The van der Waals surface area contributed by atoms with Crippen LogP contribution in [0.4, 0.5) is 0 Å². The normalized spacial score (nSPS) is 19.5. The van der Waals surface area contributed by atoms with Crippen LogP contribution in [0.2, 0.25) is 0 Å². The van der Waals surface area contributed by atoms with Gasteiger partial charge < -0.3 is 24.4 Å². The van der Waals surface area contributed by atoms with Crippen LogP contribution < -0.4 is 19.5 Å². The summed E-state index contributed by atoms with van der Waals surface area (Å²) in [6.07, 6.45) is 0.920. The lowest BCUT2D eigenvalue weighted by Crippen LogP contribution is -2.41. The minimum Gasteiger partial charge on any atom is -0.493 e. The summed E-state index contributed by atoms with van der Waals surface area (Å²) in [5.41, 5.74) is 0.929. The van der Waals surface area contributed by atoms with Crippen molar-refractivity contribution >= 4 is 0 Å². The Labute approximate surface area is 133 Å². The van der Waals surface area contributed by atoms with Crippen molar-refractivity contribution in [1.82, 2.24) is 10.2 Å². The number of hydrogen-bond donors (Lipinski definition) is 1. The van der Waals surface area contributed by atoms with Crippen LogP contribution in [0.25, 0.3) is 0 Å². The Balaban J connectivity index is 2.29. The van der Waals surface area contributed by atoms with Gasteiger partial charge in [0.15, 0.2) is 11.5 Å². The molecular formula is C17H28N2O3. The summed E-state index contributed by atoms with van der Waals surface area (Å²) in [5, 5.41) is 3.64. The van der Waals surface area contributed by atoms with Gasteiger partial charge in [0.1, 0.15) is 11.4 Å². The largest absolute Gasteiger partial charge is 0.493 e. The zero-order valence-corrected chi connectivity index (χ0v) is 14.5. The molecule has 1 aromatic carbocycles. The Morgan fingerprint density at radius 1 is 1.23 bits per heavy atom. The number of benzene rings is 1. The van der Waals surface area contributed by atoms with Crippen LogP contribution in [-0.2, 0) is 0 Å². The SMILES string of the molecule is COc1cc2c(cc1OC)C(NCCN(C)C)CC(C)(C)O2. The third-order valence-electron chi connectivity index (χ3n) is 3.92. The predicted molar refractivity (Wildman–Crippen MR) is 88.2 cm³/mol. The Morgan fingerprint density at radius 3 is 2.45 bits per heavy atom. The summed E-state index contributed by atoms with van der Waals surface area (Å²) in [6, 6.07) is 4.20. The van der Waals surface area contributed by atoms with E-state index in [1.54, 1.807) is 14.2 Å². The van der Waals surface area contributed by atoms with E-state index in [0.717, 1.165) is 36.6 Å². The third-order valence-corrected chi connectivity index (χ3v) is 3.92. The van der Waals surface area contributed by atoms with E-state index in [1.807, 2.05) is 12.1 Å². The number of rotatable bonds is 6. The van der Waals surface area contributed by atoms with Gasteiger partial charge in [-0.25, -0.2) is 0 Å². The minimum absolute atomic E-state index is 0.206. The van der Waals surface area contributed by atoms with Crippen LogP contribution in [0, 0.1) is 0 Å². The number of fused-ring (bicyclic) bond motifs is 1. The van der Waals surface area contributed by atoms with Gasteiger partial charge in [-0.05, 0) is 34.0 Å². The van der Waals surface area contributed by atoms with E-state index in [-0.39, 0.29) is 11.6 Å². The van der Waals surface area contributed by atoms with Gasteiger partial charge in [0.05, 0.1) is 14.2 Å². The lowest BCUT2D eigenvalue weighted by Gasteiger charge is -2.38. The van der Waals surface area contributed by atoms with Crippen molar-refractivity contribution in [3.8, 4) is 17.2 Å². The second kappa shape index (κ2) is 6.75. The first kappa shape index (κ1) is 16.9. The second-order valence-corrected chi connectivity index (χ2v) is 6.62. The van der Waals surface area contributed by atoms with Gasteiger partial charge in [0.2, 0.25) is 0 Å². The number of ether oxygens (including phenoxy) is 3. The van der Waals surface area contributed by atoms with Crippen molar-refractivity contribution in [2.45, 2.75) is 31.9 Å². The third kappa shape index (κ3) is 3.84. The molecule has 1 N–H and O–H groups in total. The van der Waals surface area contributed by atoms with Crippen molar-refractivity contribution in [2.75, 3.05) is 41.4 Å². The van der Waals surface area contributed by atoms with E-state index >= 15 is 0 Å². The maximum absolute atomic E-state index is 6.13. The van der Waals surface area contributed by atoms with E-state index in [1.165, 1.54) is 0 Å². The molecule has 0 aliphatic carbocycles. The summed E-state index contributed by atoms with van der Waals surface area (Å²) >= 11 is 0. The molecule has 0 saturated carbocycles. The highest BCUT2D eigenvalue weighted by Gasteiger charge is 2.34. The summed E-state index contributed by atoms with van der Waals surface area (Å²) in [4.78, 5) is 2.17. The first-order valence-electron chi connectivity index (χ1n) is 7.69. The fourth-order valence-corrected chi connectivity index (χ4v) is 2.82. The number of nitrogens with one attached hydrogen (secondary N) is 1. The van der Waals surface area contributed by atoms with Crippen LogP contribution >= 0.6 is 0 Å². The lowest BCUT2D eigenvalue weighted by molar-refractivity contribution is 0.0652. The van der Waals surface area contributed by atoms with Crippen LogP contribution in [0.15, 0.2) is 12.1 Å². The molecule has 1 aliphatic heterocycles. The second-order valence-electron chi connectivity index (χ2n) is 6.62. The number of methoxy groups -OCH3 is 2. The molecule has 0 amide bonds. The van der Waals surface area contributed by atoms with Crippen LogP contribution in [0.1, 0.15) is 31.9 Å². The van der Waals surface area contributed by atoms with E-state index in [4.69, 9.17) is 14.2 Å². The van der Waals surface area contributed by atoms with Crippen LogP contribution in [0.3, 0.4) is 0 Å². The highest BCUT2D eigenvalue weighted by molar-refractivity contribution is 5.53. The topological polar surface area (TPSA) is 43.0 Å². The molecule has 1 heterocycles. The Hall–Kier alpha value is -1.46. The van der Waals surface area contributed by atoms with Crippen molar-refractivity contribution in [3.05, 3.63) is 17.7 Å². The zero-order chi connectivity index (χ0) is 16.3. The molecule has 1 atom stereocenters. The standard InChI is InChI=1S/C17H28N2O3/c1-17(2)11-13(18-7-8-19(3)4)12-9-15(20-5)16(21-6)10-14(12)22-17/h9-10,13,18H,7-8,11H2,1-6H3. The van der Waals surface area contributed by atoms with Crippen molar-refractivity contribution < 1.29 is 14.2 Å². The first-order valence-corrected chi connectivity index (χ1v) is 7.69. The number of nitrogens with zero attached hydrogens (tertiary/aromatic N) is 1. The van der Waals surface area contributed by atoms with Gasteiger partial charge in [-0.15, -0.1) is 0 Å². The molecule has 0 saturated heterocycles. The molecule has 22 heavy (non-hydrogen) atoms. The van der Waals surface area contributed by atoms with Gasteiger partial charge in [-0.1, -0.05) is 0 Å². The van der Waals surface area contributed by atoms with E-state index in [0.29, 0.717) is 5.75 Å². The maximum Gasteiger partial charge on any atom is 0.164 e.